The van der Waals surface area contributed by atoms with Gasteiger partial charge in [0.2, 0.25) is 0 Å². The smallest absolute Gasteiger partial charge is 0.267 e. The number of hydrogen-bond donors (Lipinski definition) is 2. The molecule has 0 heterocycles. The second-order valence-electron chi connectivity index (χ2n) is 5.49. The number of hydrogen-bond acceptors (Lipinski definition) is 5. The normalized spacial score (nSPS) is 10.7. The summed E-state index contributed by atoms with van der Waals surface area (Å²) in [5.74, 6) is 0.139. The van der Waals surface area contributed by atoms with Gasteiger partial charge in [-0.15, -0.1) is 0 Å². The molecule has 0 aliphatic rings. The van der Waals surface area contributed by atoms with Gasteiger partial charge in [0.05, 0.1) is 14.2 Å². The Balaban J connectivity index is 1.96. The molecular formula is C20H20FN3O3. The predicted molar refractivity (Wildman–Crippen MR) is 100.0 cm³/mol. The lowest BCUT2D eigenvalue weighted by molar-refractivity contribution is -0.112. The van der Waals surface area contributed by atoms with Gasteiger partial charge in [0.25, 0.3) is 5.91 Å². The molecule has 0 atom stereocenters. The average Bonchev–Trinajstić information content (AvgIpc) is 2.69. The van der Waals surface area contributed by atoms with Crippen molar-refractivity contribution in [3.63, 3.8) is 0 Å². The lowest BCUT2D eigenvalue weighted by Gasteiger charge is -2.10. The van der Waals surface area contributed by atoms with Gasteiger partial charge < -0.3 is 20.1 Å². The van der Waals surface area contributed by atoms with Gasteiger partial charge in [0.1, 0.15) is 17.5 Å². The fraction of sp³-hybridized carbons (Fsp3) is 0.200. The first-order chi connectivity index (χ1) is 13.1. The second kappa shape index (κ2) is 9.82. The van der Waals surface area contributed by atoms with E-state index in [9.17, 15) is 14.4 Å². The Morgan fingerprint density at radius 1 is 1.19 bits per heavy atom. The van der Waals surface area contributed by atoms with Crippen molar-refractivity contribution in [2.75, 3.05) is 26.1 Å². The molecule has 0 spiro atoms. The lowest BCUT2D eigenvalue weighted by Crippen LogP contribution is -2.18. The second-order valence-corrected chi connectivity index (χ2v) is 5.49. The number of rotatable bonds is 8. The Kier molecular flexibility index (Phi) is 7.20. The van der Waals surface area contributed by atoms with Crippen LogP contribution < -0.4 is 20.1 Å². The molecule has 0 saturated heterocycles. The van der Waals surface area contributed by atoms with Crippen LogP contribution in [0.4, 0.5) is 10.1 Å². The van der Waals surface area contributed by atoms with Crippen LogP contribution in [0.5, 0.6) is 11.5 Å². The van der Waals surface area contributed by atoms with E-state index < -0.39 is 5.91 Å². The van der Waals surface area contributed by atoms with Crippen LogP contribution in [0.3, 0.4) is 0 Å². The number of halogens is 1. The summed E-state index contributed by atoms with van der Waals surface area (Å²) >= 11 is 0. The fourth-order valence-corrected chi connectivity index (χ4v) is 2.34. The summed E-state index contributed by atoms with van der Waals surface area (Å²) in [7, 11) is 3.00. The number of nitrogens with zero attached hydrogens (tertiary/aromatic N) is 1. The van der Waals surface area contributed by atoms with Crippen LogP contribution in [0.25, 0.3) is 0 Å². The summed E-state index contributed by atoms with van der Waals surface area (Å²) < 4.78 is 23.9. The predicted octanol–water partition coefficient (Wildman–Crippen LogP) is 3.02. The van der Waals surface area contributed by atoms with E-state index >= 15 is 0 Å². The van der Waals surface area contributed by atoms with Crippen molar-refractivity contribution in [2.45, 2.75) is 6.42 Å². The van der Waals surface area contributed by atoms with Crippen LogP contribution in [0, 0.1) is 17.1 Å². The fourth-order valence-electron chi connectivity index (χ4n) is 2.34. The molecule has 1 amide bonds. The maximum absolute atomic E-state index is 13.5. The van der Waals surface area contributed by atoms with Gasteiger partial charge in [-0.25, -0.2) is 4.39 Å². The summed E-state index contributed by atoms with van der Waals surface area (Å²) in [4.78, 5) is 12.2. The minimum absolute atomic E-state index is 0.0988. The Morgan fingerprint density at radius 2 is 1.93 bits per heavy atom. The third-order valence-electron chi connectivity index (χ3n) is 3.75. The van der Waals surface area contributed by atoms with Gasteiger partial charge in [0, 0.05) is 24.5 Å². The Hall–Kier alpha value is -3.53. The quantitative estimate of drug-likeness (QED) is 0.425. The SMILES string of the molecule is COc1ccc(NC(=O)/C(C#N)=C\NCCc2ccccc2F)cc1OC. The summed E-state index contributed by atoms with van der Waals surface area (Å²) in [6, 6.07) is 13.2. The number of ether oxygens (including phenoxy) is 2. The molecule has 2 aromatic rings. The van der Waals surface area contributed by atoms with E-state index in [0.717, 1.165) is 0 Å². The maximum atomic E-state index is 13.5. The first-order valence-corrected chi connectivity index (χ1v) is 8.19. The minimum atomic E-state index is -0.567. The lowest BCUT2D eigenvalue weighted by atomic mass is 10.1. The molecule has 0 aliphatic carbocycles. The van der Waals surface area contributed by atoms with Crippen LogP contribution in [0.1, 0.15) is 5.56 Å². The van der Waals surface area contributed by atoms with Crippen molar-refractivity contribution in [1.82, 2.24) is 5.32 Å². The van der Waals surface area contributed by atoms with Crippen LogP contribution in [-0.4, -0.2) is 26.7 Å². The molecule has 0 unspecified atom stereocenters. The Morgan fingerprint density at radius 3 is 2.59 bits per heavy atom. The van der Waals surface area contributed by atoms with E-state index in [-0.39, 0.29) is 11.4 Å². The molecule has 2 N–H and O–H groups in total. The van der Waals surface area contributed by atoms with Crippen molar-refractivity contribution < 1.29 is 18.7 Å². The van der Waals surface area contributed by atoms with E-state index in [2.05, 4.69) is 10.6 Å². The highest BCUT2D eigenvalue weighted by Gasteiger charge is 2.11. The summed E-state index contributed by atoms with van der Waals surface area (Å²) in [6.45, 7) is 0.385. The van der Waals surface area contributed by atoms with E-state index in [1.165, 1.54) is 26.5 Å². The number of methoxy groups -OCH3 is 2. The molecule has 2 rings (SSSR count). The summed E-state index contributed by atoms with van der Waals surface area (Å²) in [5.41, 5.74) is 0.926. The molecule has 27 heavy (non-hydrogen) atoms. The first kappa shape index (κ1) is 19.8. The van der Waals surface area contributed by atoms with E-state index in [1.54, 1.807) is 36.4 Å². The van der Waals surface area contributed by atoms with Crippen LogP contribution in [-0.2, 0) is 11.2 Å². The monoisotopic (exact) mass is 369 g/mol. The molecule has 0 aromatic heterocycles. The van der Waals surface area contributed by atoms with E-state index in [1.807, 2.05) is 6.07 Å². The number of anilines is 1. The highest BCUT2D eigenvalue weighted by Crippen LogP contribution is 2.29. The van der Waals surface area contributed by atoms with Gasteiger partial charge in [-0.05, 0) is 30.2 Å². The Bertz CT molecular complexity index is 875. The van der Waals surface area contributed by atoms with Crippen molar-refractivity contribution in [3.8, 4) is 17.6 Å². The highest BCUT2D eigenvalue weighted by molar-refractivity contribution is 6.06. The molecule has 2 aromatic carbocycles. The van der Waals surface area contributed by atoms with Crippen LogP contribution in [0.2, 0.25) is 0 Å². The largest absolute Gasteiger partial charge is 0.493 e. The molecule has 0 fully saturated rings. The van der Waals surface area contributed by atoms with Crippen molar-refractivity contribution in [2.24, 2.45) is 0 Å². The van der Waals surface area contributed by atoms with Gasteiger partial charge in [0.15, 0.2) is 11.5 Å². The third kappa shape index (κ3) is 5.47. The molecule has 0 radical (unpaired) electrons. The van der Waals surface area contributed by atoms with Crippen LogP contribution >= 0.6 is 0 Å². The number of amides is 1. The van der Waals surface area contributed by atoms with Crippen LogP contribution in [0.15, 0.2) is 54.2 Å². The molecule has 6 nitrogen and oxygen atoms in total. The minimum Gasteiger partial charge on any atom is -0.493 e. The number of benzene rings is 2. The summed E-state index contributed by atoms with van der Waals surface area (Å²) in [5, 5.41) is 14.7. The van der Waals surface area contributed by atoms with E-state index in [4.69, 9.17) is 9.47 Å². The molecule has 0 aliphatic heterocycles. The zero-order chi connectivity index (χ0) is 19.6. The van der Waals surface area contributed by atoms with Gasteiger partial charge in [-0.3, -0.25) is 4.79 Å². The third-order valence-corrected chi connectivity index (χ3v) is 3.75. The van der Waals surface area contributed by atoms with Crippen molar-refractivity contribution in [3.05, 3.63) is 65.6 Å². The Labute approximate surface area is 157 Å². The molecule has 7 heteroatoms. The number of carbonyl (C=O) groups excluding carboxylic acids is 1. The number of nitriles is 1. The molecular weight excluding hydrogens is 349 g/mol. The topological polar surface area (TPSA) is 83.4 Å². The first-order valence-electron chi connectivity index (χ1n) is 8.19. The van der Waals surface area contributed by atoms with Gasteiger partial charge in [-0.1, -0.05) is 18.2 Å². The molecule has 0 saturated carbocycles. The van der Waals surface area contributed by atoms with Crippen molar-refractivity contribution in [1.29, 1.82) is 5.26 Å². The van der Waals surface area contributed by atoms with Gasteiger partial charge >= 0.3 is 0 Å². The standard InChI is InChI=1S/C20H20FN3O3/c1-26-18-8-7-16(11-19(18)27-2)24-20(25)15(12-22)13-23-10-9-14-5-3-4-6-17(14)21/h3-8,11,13,23H,9-10H2,1-2H3,(H,24,25)/b15-13-. The number of carbonyl (C=O) groups is 1. The zero-order valence-electron chi connectivity index (χ0n) is 15.1. The molecule has 140 valence electrons. The molecule has 0 bridgehead atoms. The summed E-state index contributed by atoms with van der Waals surface area (Å²) in [6.07, 6.45) is 1.75. The average molecular weight is 369 g/mol. The zero-order valence-corrected chi connectivity index (χ0v) is 15.1. The number of nitrogens with one attached hydrogen (secondary N) is 2. The van der Waals surface area contributed by atoms with E-state index in [0.29, 0.717) is 35.7 Å². The van der Waals surface area contributed by atoms with Crippen molar-refractivity contribution >= 4 is 11.6 Å². The van der Waals surface area contributed by atoms with Gasteiger partial charge in [-0.2, -0.15) is 5.26 Å². The highest BCUT2D eigenvalue weighted by atomic mass is 19.1. The maximum Gasteiger partial charge on any atom is 0.267 e.